The van der Waals surface area contributed by atoms with Gasteiger partial charge in [-0.25, -0.2) is 17.6 Å². The number of hydrogen-bond acceptors (Lipinski definition) is 2. The number of hydrogen-bond donors (Lipinski definition) is 0. The largest absolute Gasteiger partial charge is 0.460 e. The lowest BCUT2D eigenvalue weighted by molar-refractivity contribution is -0.147. The molecule has 0 radical (unpaired) electrons. The molecule has 0 bridgehead atoms. The number of carbonyl (C=O) groups is 1. The van der Waals surface area contributed by atoms with Crippen molar-refractivity contribution in [3.05, 3.63) is 70.3 Å². The summed E-state index contributed by atoms with van der Waals surface area (Å²) in [6.07, 6.45) is -4.11. The zero-order chi connectivity index (χ0) is 24.0. The fourth-order valence-electron chi connectivity index (χ4n) is 3.59. The number of halogens is 8. The summed E-state index contributed by atoms with van der Waals surface area (Å²) in [5.74, 6) is -10.0. The van der Waals surface area contributed by atoms with Gasteiger partial charge < -0.3 is 4.74 Å². The van der Waals surface area contributed by atoms with Gasteiger partial charge in [0.1, 0.15) is 17.5 Å². The lowest BCUT2D eigenvalue weighted by atomic mass is 10.0. The summed E-state index contributed by atoms with van der Waals surface area (Å²) in [5.41, 5.74) is -2.87. The van der Waals surface area contributed by atoms with E-state index in [9.17, 15) is 35.5 Å². The molecule has 1 saturated carbocycles. The predicted octanol–water partition coefficient (Wildman–Crippen LogP) is 6.91. The number of carbonyl (C=O) groups excluding carboxylic acids is 1. The first-order chi connectivity index (χ1) is 14.8. The molecule has 2 nitrogen and oxygen atoms in total. The number of esters is 1. The summed E-state index contributed by atoms with van der Waals surface area (Å²) in [7, 11) is 0. The van der Waals surface area contributed by atoms with Crippen molar-refractivity contribution in [1.82, 2.24) is 0 Å². The molecule has 1 aliphatic carbocycles. The molecule has 2 atom stereocenters. The maximum absolute atomic E-state index is 14.9. The molecule has 0 N–H and O–H groups in total. The first-order valence-corrected chi connectivity index (χ1v) is 9.67. The van der Waals surface area contributed by atoms with Gasteiger partial charge in [0, 0.05) is 0 Å². The summed E-state index contributed by atoms with van der Waals surface area (Å²) in [5, 5.41) is -1.41. The van der Waals surface area contributed by atoms with Gasteiger partial charge >= 0.3 is 12.1 Å². The Morgan fingerprint density at radius 2 is 1.62 bits per heavy atom. The second kappa shape index (κ2) is 8.42. The lowest BCUT2D eigenvalue weighted by Gasteiger charge is -2.13. The zero-order valence-corrected chi connectivity index (χ0v) is 17.4. The van der Waals surface area contributed by atoms with Gasteiger partial charge in [-0.2, -0.15) is 13.2 Å². The van der Waals surface area contributed by atoms with E-state index in [0.29, 0.717) is 6.08 Å². The van der Waals surface area contributed by atoms with Crippen LogP contribution in [-0.4, -0.2) is 12.1 Å². The van der Waals surface area contributed by atoms with E-state index in [4.69, 9.17) is 16.3 Å². The second-order valence-corrected chi connectivity index (χ2v) is 8.33. The third-order valence-electron chi connectivity index (χ3n) is 5.54. The molecule has 0 spiro atoms. The first kappa shape index (κ1) is 24.1. The molecule has 2 aromatic rings. The smallest absolute Gasteiger partial charge is 0.426 e. The Hall–Kier alpha value is -2.55. The fourth-order valence-corrected chi connectivity index (χ4v) is 3.73. The third-order valence-corrected chi connectivity index (χ3v) is 5.88. The van der Waals surface area contributed by atoms with Gasteiger partial charge in [0.15, 0.2) is 17.5 Å². The number of rotatable bonds is 5. The standard InChI is InChI=1S/C22H16ClF7O2/c1-21(2)12(8-13(23)22(28,29)30)15(21)20(31)32-9-11-16(24)14(10-6-4-3-5-7-10)18(26)19(27)17(11)25/h3-8,12,15H,9H2,1-2H3/t12-,15-/m0/s1. The number of allylic oxidation sites excluding steroid dienone is 2. The Bertz CT molecular complexity index is 1080. The Morgan fingerprint density at radius 3 is 2.19 bits per heavy atom. The second-order valence-electron chi connectivity index (χ2n) is 7.92. The topological polar surface area (TPSA) is 26.3 Å². The van der Waals surface area contributed by atoms with Crippen molar-refractivity contribution in [2.45, 2.75) is 26.6 Å². The molecule has 1 fully saturated rings. The van der Waals surface area contributed by atoms with Crippen LogP contribution in [0.25, 0.3) is 11.1 Å². The van der Waals surface area contributed by atoms with Crippen LogP contribution in [0, 0.1) is 40.5 Å². The highest BCUT2D eigenvalue weighted by Crippen LogP contribution is 2.60. The molecule has 3 rings (SSSR count). The van der Waals surface area contributed by atoms with E-state index in [2.05, 4.69) is 0 Å². The minimum atomic E-state index is -4.79. The molecular weight excluding hydrogens is 465 g/mol. The van der Waals surface area contributed by atoms with Crippen molar-refractivity contribution in [1.29, 1.82) is 0 Å². The van der Waals surface area contributed by atoms with Crippen molar-refractivity contribution in [2.75, 3.05) is 0 Å². The molecule has 0 aromatic heterocycles. The molecule has 32 heavy (non-hydrogen) atoms. The van der Waals surface area contributed by atoms with Crippen LogP contribution in [0.5, 0.6) is 0 Å². The summed E-state index contributed by atoms with van der Waals surface area (Å²) < 4.78 is 100. The molecule has 10 heteroatoms. The third kappa shape index (κ3) is 4.35. The van der Waals surface area contributed by atoms with Gasteiger partial charge in [0.2, 0.25) is 0 Å². The first-order valence-electron chi connectivity index (χ1n) is 9.29. The number of benzene rings is 2. The normalized spacial score (nSPS) is 20.2. The van der Waals surface area contributed by atoms with E-state index < -0.39 is 75.4 Å². The number of ether oxygens (including phenoxy) is 1. The van der Waals surface area contributed by atoms with Crippen molar-refractivity contribution >= 4 is 17.6 Å². The minimum Gasteiger partial charge on any atom is -0.460 e. The van der Waals surface area contributed by atoms with Crippen molar-refractivity contribution in [3.63, 3.8) is 0 Å². The Balaban J connectivity index is 1.85. The van der Waals surface area contributed by atoms with Crippen LogP contribution in [-0.2, 0) is 16.1 Å². The predicted molar refractivity (Wildman–Crippen MR) is 102 cm³/mol. The highest BCUT2D eigenvalue weighted by Gasteiger charge is 2.62. The van der Waals surface area contributed by atoms with E-state index in [1.165, 1.54) is 38.1 Å². The van der Waals surface area contributed by atoms with Crippen molar-refractivity contribution in [3.8, 4) is 11.1 Å². The van der Waals surface area contributed by atoms with Gasteiger partial charge in [0.05, 0.1) is 17.0 Å². The highest BCUT2D eigenvalue weighted by molar-refractivity contribution is 6.30. The quantitative estimate of drug-likeness (QED) is 0.201. The van der Waals surface area contributed by atoms with Crippen LogP contribution in [0.1, 0.15) is 19.4 Å². The number of alkyl halides is 3. The van der Waals surface area contributed by atoms with E-state index in [1.807, 2.05) is 0 Å². The summed E-state index contributed by atoms with van der Waals surface area (Å²) >= 11 is 5.22. The summed E-state index contributed by atoms with van der Waals surface area (Å²) in [6, 6.07) is 6.98. The van der Waals surface area contributed by atoms with Crippen LogP contribution >= 0.6 is 11.6 Å². The van der Waals surface area contributed by atoms with Crippen LogP contribution in [0.4, 0.5) is 30.7 Å². The van der Waals surface area contributed by atoms with E-state index >= 15 is 0 Å². The van der Waals surface area contributed by atoms with Gasteiger partial charge in [-0.3, -0.25) is 4.79 Å². The molecular formula is C22H16ClF7O2. The van der Waals surface area contributed by atoms with E-state index in [1.54, 1.807) is 6.07 Å². The maximum Gasteiger partial charge on any atom is 0.426 e. The van der Waals surface area contributed by atoms with Crippen LogP contribution in [0.2, 0.25) is 0 Å². The van der Waals surface area contributed by atoms with Crippen LogP contribution < -0.4 is 0 Å². The van der Waals surface area contributed by atoms with Crippen LogP contribution in [0.15, 0.2) is 41.4 Å². The zero-order valence-electron chi connectivity index (χ0n) is 16.7. The summed E-state index contributed by atoms with van der Waals surface area (Å²) in [6.45, 7) is 1.91. The highest BCUT2D eigenvalue weighted by atomic mass is 35.5. The van der Waals surface area contributed by atoms with Gasteiger partial charge in [-0.1, -0.05) is 61.9 Å². The molecule has 0 aliphatic heterocycles. The molecule has 172 valence electrons. The average Bonchev–Trinajstić information content (AvgIpc) is 3.26. The SMILES string of the molecule is CC1(C)[C@H](C(=O)OCc2c(F)c(F)c(F)c(-c3ccccc3)c2F)[C@@H]1C=C(Cl)C(F)(F)F. The van der Waals surface area contributed by atoms with Crippen LogP contribution in [0.3, 0.4) is 0 Å². The van der Waals surface area contributed by atoms with Gasteiger partial charge in [-0.15, -0.1) is 0 Å². The molecule has 0 saturated heterocycles. The van der Waals surface area contributed by atoms with Gasteiger partial charge in [0.25, 0.3) is 0 Å². The molecule has 0 unspecified atom stereocenters. The Kier molecular flexibility index (Phi) is 6.34. The van der Waals surface area contributed by atoms with E-state index in [0.717, 1.165) is 0 Å². The molecule has 1 aliphatic rings. The van der Waals surface area contributed by atoms with E-state index in [-0.39, 0.29) is 5.56 Å². The van der Waals surface area contributed by atoms with Crippen molar-refractivity contribution < 1.29 is 40.3 Å². The minimum absolute atomic E-state index is 0.0655. The van der Waals surface area contributed by atoms with Crippen molar-refractivity contribution in [2.24, 2.45) is 17.3 Å². The average molecular weight is 481 g/mol. The molecule has 2 aromatic carbocycles. The Morgan fingerprint density at radius 1 is 1.03 bits per heavy atom. The Labute approximate surface area is 183 Å². The maximum atomic E-state index is 14.9. The molecule has 0 heterocycles. The monoisotopic (exact) mass is 480 g/mol. The lowest BCUT2D eigenvalue weighted by Crippen LogP contribution is -2.14. The fraction of sp³-hybridized carbons (Fsp3) is 0.318. The van der Waals surface area contributed by atoms with Gasteiger partial charge in [-0.05, 0) is 16.9 Å². The summed E-state index contributed by atoms with van der Waals surface area (Å²) in [4.78, 5) is 12.4. The molecule has 0 amide bonds.